The number of para-hydroxylation sites is 1. The van der Waals surface area contributed by atoms with E-state index < -0.39 is 0 Å². The average molecular weight is 254 g/mol. The third kappa shape index (κ3) is 1.92. The molecule has 0 spiro atoms. The number of benzene rings is 2. The SMILES string of the molecule is C[N+](C)(C)c1ccc2c(=O)c3ccccc3oc2c1. The van der Waals surface area contributed by atoms with E-state index in [0.29, 0.717) is 26.4 Å². The van der Waals surface area contributed by atoms with Gasteiger partial charge in [0.1, 0.15) is 16.9 Å². The van der Waals surface area contributed by atoms with Gasteiger partial charge in [-0.05, 0) is 18.2 Å². The van der Waals surface area contributed by atoms with Crippen molar-refractivity contribution in [2.45, 2.75) is 0 Å². The molecule has 0 fully saturated rings. The van der Waals surface area contributed by atoms with Crippen LogP contribution in [0.15, 0.2) is 51.7 Å². The van der Waals surface area contributed by atoms with Gasteiger partial charge in [-0.15, -0.1) is 0 Å². The highest BCUT2D eigenvalue weighted by atomic mass is 16.3. The summed E-state index contributed by atoms with van der Waals surface area (Å²) in [4.78, 5) is 12.4. The third-order valence-electron chi connectivity index (χ3n) is 3.34. The molecular weight excluding hydrogens is 238 g/mol. The number of fused-ring (bicyclic) bond motifs is 2. The van der Waals surface area contributed by atoms with Crippen LogP contribution >= 0.6 is 0 Å². The zero-order chi connectivity index (χ0) is 13.6. The highest BCUT2D eigenvalue weighted by Crippen LogP contribution is 2.24. The van der Waals surface area contributed by atoms with E-state index in [2.05, 4.69) is 21.1 Å². The topological polar surface area (TPSA) is 30.2 Å². The molecule has 3 rings (SSSR count). The number of nitrogens with zero attached hydrogens (tertiary/aromatic N) is 1. The molecule has 0 aliphatic rings. The fourth-order valence-electron chi connectivity index (χ4n) is 2.21. The molecule has 3 aromatic rings. The molecule has 2 aromatic carbocycles. The number of rotatable bonds is 1. The van der Waals surface area contributed by atoms with Crippen LogP contribution in [0.5, 0.6) is 0 Å². The Kier molecular flexibility index (Phi) is 2.47. The first-order chi connectivity index (χ1) is 8.97. The van der Waals surface area contributed by atoms with Crippen LogP contribution in [0.3, 0.4) is 0 Å². The first-order valence-electron chi connectivity index (χ1n) is 6.24. The minimum Gasteiger partial charge on any atom is -0.456 e. The Balaban J connectivity index is 2.42. The quantitative estimate of drug-likeness (QED) is 0.493. The van der Waals surface area contributed by atoms with Crippen LogP contribution in [-0.4, -0.2) is 21.1 Å². The molecule has 0 aliphatic carbocycles. The van der Waals surface area contributed by atoms with Crippen molar-refractivity contribution in [3.8, 4) is 0 Å². The Morgan fingerprint density at radius 2 is 1.58 bits per heavy atom. The van der Waals surface area contributed by atoms with Gasteiger partial charge >= 0.3 is 0 Å². The van der Waals surface area contributed by atoms with Crippen molar-refractivity contribution in [3.63, 3.8) is 0 Å². The van der Waals surface area contributed by atoms with Crippen LogP contribution in [0.2, 0.25) is 0 Å². The maximum Gasteiger partial charge on any atom is 0.200 e. The summed E-state index contributed by atoms with van der Waals surface area (Å²) in [7, 11) is 6.25. The molecule has 0 saturated heterocycles. The van der Waals surface area contributed by atoms with Crippen molar-refractivity contribution in [1.82, 2.24) is 4.48 Å². The molecule has 0 radical (unpaired) electrons. The van der Waals surface area contributed by atoms with Crippen LogP contribution in [0.4, 0.5) is 5.69 Å². The molecule has 19 heavy (non-hydrogen) atoms. The van der Waals surface area contributed by atoms with Gasteiger partial charge in [0.25, 0.3) is 0 Å². The van der Waals surface area contributed by atoms with E-state index in [9.17, 15) is 4.79 Å². The van der Waals surface area contributed by atoms with Crippen LogP contribution < -0.4 is 9.91 Å². The van der Waals surface area contributed by atoms with E-state index in [4.69, 9.17) is 4.42 Å². The lowest BCUT2D eigenvalue weighted by atomic mass is 10.1. The molecule has 0 amide bonds. The summed E-state index contributed by atoms with van der Waals surface area (Å²) in [5.74, 6) is 0. The standard InChI is InChI=1S/C16H16NO2/c1-17(2,3)11-8-9-13-15(10-11)19-14-7-5-4-6-12(14)16(13)18/h4-10H,1-3H3/q+1. The van der Waals surface area contributed by atoms with Gasteiger partial charge in [-0.25, -0.2) is 0 Å². The fraction of sp³-hybridized carbons (Fsp3) is 0.188. The molecule has 0 N–H and O–H groups in total. The van der Waals surface area contributed by atoms with Crippen molar-refractivity contribution in [2.24, 2.45) is 0 Å². The van der Waals surface area contributed by atoms with E-state index >= 15 is 0 Å². The predicted octanol–water partition coefficient (Wildman–Crippen LogP) is 3.14. The number of hydrogen-bond donors (Lipinski definition) is 0. The van der Waals surface area contributed by atoms with Crippen molar-refractivity contribution < 1.29 is 4.42 Å². The normalized spacial score (nSPS) is 12.2. The first kappa shape index (κ1) is 11.9. The first-order valence-corrected chi connectivity index (χ1v) is 6.24. The van der Waals surface area contributed by atoms with Gasteiger partial charge in [0.15, 0.2) is 0 Å². The predicted molar refractivity (Wildman–Crippen MR) is 79.6 cm³/mol. The second-order valence-corrected chi connectivity index (χ2v) is 5.62. The van der Waals surface area contributed by atoms with Crippen molar-refractivity contribution in [1.29, 1.82) is 0 Å². The van der Waals surface area contributed by atoms with Gasteiger partial charge in [0.05, 0.1) is 31.9 Å². The van der Waals surface area contributed by atoms with E-state index in [-0.39, 0.29) is 5.43 Å². The molecule has 3 nitrogen and oxygen atoms in total. The monoisotopic (exact) mass is 254 g/mol. The Morgan fingerprint density at radius 3 is 2.32 bits per heavy atom. The Morgan fingerprint density at radius 1 is 0.895 bits per heavy atom. The van der Waals surface area contributed by atoms with Crippen molar-refractivity contribution >= 4 is 27.6 Å². The average Bonchev–Trinajstić information content (AvgIpc) is 2.37. The molecule has 3 heteroatoms. The minimum atomic E-state index is 0.0322. The summed E-state index contributed by atoms with van der Waals surface area (Å²) < 4.78 is 6.54. The van der Waals surface area contributed by atoms with Crippen molar-refractivity contribution in [3.05, 3.63) is 52.7 Å². The summed E-state index contributed by atoms with van der Waals surface area (Å²) in [5.41, 5.74) is 2.42. The Labute approximate surface area is 111 Å². The third-order valence-corrected chi connectivity index (χ3v) is 3.34. The van der Waals surface area contributed by atoms with Crippen molar-refractivity contribution in [2.75, 3.05) is 21.1 Å². The Bertz CT molecular complexity index is 825. The maximum absolute atomic E-state index is 12.4. The summed E-state index contributed by atoms with van der Waals surface area (Å²) in [6.07, 6.45) is 0. The molecular formula is C16H16NO2+. The number of quaternary nitrogens is 1. The van der Waals surface area contributed by atoms with Crippen LogP contribution in [0.1, 0.15) is 0 Å². The van der Waals surface area contributed by atoms with Gasteiger partial charge in [0.2, 0.25) is 5.43 Å². The number of hydrogen-bond acceptors (Lipinski definition) is 2. The summed E-state index contributed by atoms with van der Waals surface area (Å²) in [5, 5.41) is 1.27. The molecule has 0 saturated carbocycles. The van der Waals surface area contributed by atoms with Gasteiger partial charge in [0, 0.05) is 12.1 Å². The zero-order valence-corrected chi connectivity index (χ0v) is 11.3. The lowest BCUT2D eigenvalue weighted by Crippen LogP contribution is -2.34. The molecule has 0 bridgehead atoms. The van der Waals surface area contributed by atoms with Gasteiger partial charge < -0.3 is 4.42 Å². The second-order valence-electron chi connectivity index (χ2n) is 5.62. The summed E-state index contributed by atoms with van der Waals surface area (Å²) in [6.45, 7) is 0. The second kappa shape index (κ2) is 3.93. The lowest BCUT2D eigenvalue weighted by Gasteiger charge is -2.23. The maximum atomic E-state index is 12.4. The zero-order valence-electron chi connectivity index (χ0n) is 11.3. The molecule has 1 aromatic heterocycles. The van der Waals surface area contributed by atoms with E-state index in [1.165, 1.54) is 0 Å². The largest absolute Gasteiger partial charge is 0.456 e. The van der Waals surface area contributed by atoms with Crippen LogP contribution in [-0.2, 0) is 0 Å². The smallest absolute Gasteiger partial charge is 0.200 e. The van der Waals surface area contributed by atoms with Gasteiger partial charge in [-0.2, -0.15) is 0 Å². The molecule has 96 valence electrons. The molecule has 1 heterocycles. The fourth-order valence-corrected chi connectivity index (χ4v) is 2.21. The van der Waals surface area contributed by atoms with E-state index in [0.717, 1.165) is 5.69 Å². The van der Waals surface area contributed by atoms with Crippen LogP contribution in [0.25, 0.3) is 21.9 Å². The van der Waals surface area contributed by atoms with Crippen LogP contribution in [0, 0.1) is 0 Å². The minimum absolute atomic E-state index is 0.0322. The van der Waals surface area contributed by atoms with E-state index in [1.807, 2.05) is 36.4 Å². The van der Waals surface area contributed by atoms with Gasteiger partial charge in [-0.3, -0.25) is 9.28 Å². The highest BCUT2D eigenvalue weighted by Gasteiger charge is 2.15. The highest BCUT2D eigenvalue weighted by molar-refractivity contribution is 5.90. The summed E-state index contributed by atoms with van der Waals surface area (Å²) in [6, 6.07) is 13.1. The Hall–Kier alpha value is -2.13. The molecule has 0 atom stereocenters. The summed E-state index contributed by atoms with van der Waals surface area (Å²) >= 11 is 0. The molecule has 0 aliphatic heterocycles. The van der Waals surface area contributed by atoms with E-state index in [1.54, 1.807) is 6.07 Å². The lowest BCUT2D eigenvalue weighted by molar-refractivity contribution is 0.486. The molecule has 0 unspecified atom stereocenters. The van der Waals surface area contributed by atoms with Gasteiger partial charge in [-0.1, -0.05) is 12.1 Å².